The van der Waals surface area contributed by atoms with E-state index in [0.717, 1.165) is 60.3 Å². The number of halogens is 2. The van der Waals surface area contributed by atoms with E-state index in [1.54, 1.807) is 83.1 Å². The van der Waals surface area contributed by atoms with Crippen molar-refractivity contribution in [1.29, 1.82) is 0 Å². The fourth-order valence-corrected chi connectivity index (χ4v) is 8.77. The maximum Gasteiger partial charge on any atom is 0.408 e. The summed E-state index contributed by atoms with van der Waals surface area (Å²) in [5.41, 5.74) is 1.80. The van der Waals surface area contributed by atoms with Gasteiger partial charge in [0, 0.05) is 27.2 Å². The first-order valence-electron chi connectivity index (χ1n) is 24.3. The molecule has 0 heterocycles. The van der Waals surface area contributed by atoms with Gasteiger partial charge in [0.1, 0.15) is 34.5 Å². The maximum absolute atomic E-state index is 12.9. The summed E-state index contributed by atoms with van der Waals surface area (Å²) in [6.45, 7) is 21.2. The van der Waals surface area contributed by atoms with Gasteiger partial charge in [-0.15, -0.1) is 0 Å². The third kappa shape index (κ3) is 21.8. The van der Waals surface area contributed by atoms with Gasteiger partial charge in [-0.3, -0.25) is 9.59 Å². The minimum absolute atomic E-state index is 0.00871. The third-order valence-electron chi connectivity index (χ3n) is 10.8. The highest BCUT2D eigenvalue weighted by Gasteiger charge is 2.42. The number of amides is 2. The zero-order valence-corrected chi connectivity index (χ0v) is 46.3. The fourth-order valence-electron chi connectivity index (χ4n) is 8.05. The van der Waals surface area contributed by atoms with Crippen LogP contribution in [0.1, 0.15) is 184 Å². The van der Waals surface area contributed by atoms with Crippen LogP contribution in [0, 0.1) is 0 Å². The van der Waals surface area contributed by atoms with E-state index < -0.39 is 70.6 Å². The predicted octanol–water partition coefficient (Wildman–Crippen LogP) is 12.5. The van der Waals surface area contributed by atoms with E-state index in [2.05, 4.69) is 78.9 Å². The van der Waals surface area contributed by atoms with Crippen molar-refractivity contribution in [3.8, 4) is 11.1 Å². The maximum atomic E-state index is 12.9. The number of esters is 4. The lowest BCUT2D eigenvalue weighted by molar-refractivity contribution is -0.159. The second-order valence-electron chi connectivity index (χ2n) is 21.8. The Bertz CT molecular complexity index is 1920. The second-order valence-corrected chi connectivity index (χ2v) is 23.6. The summed E-state index contributed by atoms with van der Waals surface area (Å²) in [4.78, 5) is 76.3. The van der Waals surface area contributed by atoms with E-state index in [1.807, 2.05) is 0 Å². The lowest BCUT2D eigenvalue weighted by Crippen LogP contribution is -2.46. The van der Waals surface area contributed by atoms with E-state index in [1.165, 1.54) is 22.3 Å². The first-order chi connectivity index (χ1) is 32.0. The summed E-state index contributed by atoms with van der Waals surface area (Å²) in [5.74, 6) is -2.22. The molecule has 1 aliphatic rings. The highest BCUT2D eigenvalue weighted by Crippen LogP contribution is 2.55. The monoisotopic (exact) mass is 1090 g/mol. The molecule has 3 rings (SSSR count). The number of rotatable bonds is 24. The highest BCUT2D eigenvalue weighted by molar-refractivity contribution is 9.10. The molecular formula is C53H78Br2N2O12. The van der Waals surface area contributed by atoms with Crippen LogP contribution in [0.2, 0.25) is 0 Å². The Balaban J connectivity index is 1.54. The van der Waals surface area contributed by atoms with Gasteiger partial charge in [0.05, 0.1) is 13.2 Å². The fraction of sp³-hybridized carbons (Fsp3) is 0.660. The van der Waals surface area contributed by atoms with Gasteiger partial charge in [0.25, 0.3) is 0 Å². The number of carbonyl (C=O) groups is 6. The van der Waals surface area contributed by atoms with Crippen LogP contribution in [0.5, 0.6) is 0 Å². The summed E-state index contributed by atoms with van der Waals surface area (Å²) in [5, 5.41) is 5.10. The number of hydrogen-bond acceptors (Lipinski definition) is 12. The van der Waals surface area contributed by atoms with Crippen molar-refractivity contribution in [2.45, 2.75) is 213 Å². The molecule has 0 spiro atoms. The summed E-state index contributed by atoms with van der Waals surface area (Å²) < 4.78 is 34.8. The largest absolute Gasteiger partial charge is 0.466 e. The van der Waals surface area contributed by atoms with Crippen molar-refractivity contribution in [1.82, 2.24) is 10.6 Å². The van der Waals surface area contributed by atoms with E-state index >= 15 is 0 Å². The molecule has 0 fully saturated rings. The number of unbranched alkanes of at least 4 members (excludes halogenated alkanes) is 6. The normalized spacial score (nSPS) is 14.1. The van der Waals surface area contributed by atoms with Gasteiger partial charge in [-0.1, -0.05) is 82.5 Å². The number of hydrogen-bond donors (Lipinski definition) is 2. The van der Waals surface area contributed by atoms with Gasteiger partial charge >= 0.3 is 36.1 Å². The second kappa shape index (κ2) is 26.3. The highest BCUT2D eigenvalue weighted by atomic mass is 79.9. The van der Waals surface area contributed by atoms with Crippen LogP contribution in [0.25, 0.3) is 11.1 Å². The molecule has 0 saturated carbocycles. The molecular weight excluding hydrogens is 1020 g/mol. The summed E-state index contributed by atoms with van der Waals surface area (Å²) >= 11 is 7.50. The Morgan fingerprint density at radius 3 is 1.16 bits per heavy atom. The zero-order chi connectivity index (χ0) is 51.8. The van der Waals surface area contributed by atoms with Gasteiger partial charge in [-0.2, -0.15) is 0 Å². The lowest BCUT2D eigenvalue weighted by atomic mass is 9.70. The molecule has 16 heteroatoms. The first kappa shape index (κ1) is 59.1. The van der Waals surface area contributed by atoms with Gasteiger partial charge < -0.3 is 39.1 Å². The van der Waals surface area contributed by atoms with E-state index in [-0.39, 0.29) is 44.3 Å². The minimum atomic E-state index is -1.07. The number of benzene rings is 2. The Kier molecular flexibility index (Phi) is 22.6. The molecule has 0 radical (unpaired) electrons. The van der Waals surface area contributed by atoms with E-state index in [9.17, 15) is 28.8 Å². The van der Waals surface area contributed by atoms with Crippen molar-refractivity contribution < 1.29 is 57.2 Å². The molecule has 2 atom stereocenters. The van der Waals surface area contributed by atoms with Gasteiger partial charge in [0.2, 0.25) is 0 Å². The summed E-state index contributed by atoms with van der Waals surface area (Å²) in [6.07, 6.45) is 7.07. The topological polar surface area (TPSA) is 182 Å². The molecule has 69 heavy (non-hydrogen) atoms. The van der Waals surface area contributed by atoms with Crippen LogP contribution in [0.15, 0.2) is 45.3 Å². The predicted molar refractivity (Wildman–Crippen MR) is 273 cm³/mol. The molecule has 2 amide bonds. The Hall–Kier alpha value is -4.18. The number of carbonyl (C=O) groups excluding carboxylic acids is 6. The SMILES string of the molecule is CC(C)(C)OC(=O)N[C@@H](CCC(=O)OCCCCCCC1(CCCCCCOC(=O)CC[C@@H](NC(=O)OC(C)(C)C)C(=O)OC(C)(C)C)c2cc(Br)ccc2-c2ccc(Br)cc21)C(=O)OC(C)(C)C. The molecule has 0 bridgehead atoms. The number of nitrogens with one attached hydrogen (secondary N) is 2. The quantitative estimate of drug-likeness (QED) is 0.0577. The Labute approximate surface area is 427 Å². The summed E-state index contributed by atoms with van der Waals surface area (Å²) in [7, 11) is 0. The molecule has 14 nitrogen and oxygen atoms in total. The molecule has 0 unspecified atom stereocenters. The van der Waals surface area contributed by atoms with Gasteiger partial charge in [-0.05, 0) is 168 Å². The minimum Gasteiger partial charge on any atom is -0.466 e. The third-order valence-corrected chi connectivity index (χ3v) is 11.8. The zero-order valence-electron chi connectivity index (χ0n) is 43.1. The van der Waals surface area contributed by atoms with Crippen LogP contribution >= 0.6 is 31.9 Å². The molecule has 0 aromatic heterocycles. The van der Waals surface area contributed by atoms with Crippen molar-refractivity contribution in [3.05, 3.63) is 56.5 Å². The molecule has 0 saturated heterocycles. The number of fused-ring (bicyclic) bond motifs is 3. The van der Waals surface area contributed by atoms with Crippen LogP contribution < -0.4 is 10.6 Å². The van der Waals surface area contributed by atoms with Crippen molar-refractivity contribution in [3.63, 3.8) is 0 Å². The molecule has 386 valence electrons. The molecule has 2 aromatic carbocycles. The van der Waals surface area contributed by atoms with Crippen LogP contribution in [-0.4, -0.2) is 83.8 Å². The van der Waals surface area contributed by atoms with Crippen LogP contribution in [-0.2, 0) is 53.0 Å². The molecule has 0 aliphatic heterocycles. The van der Waals surface area contributed by atoms with Crippen molar-refractivity contribution in [2.75, 3.05) is 13.2 Å². The van der Waals surface area contributed by atoms with Crippen LogP contribution in [0.3, 0.4) is 0 Å². The number of alkyl carbamates (subject to hydrolysis) is 2. The smallest absolute Gasteiger partial charge is 0.408 e. The average Bonchev–Trinajstić information content (AvgIpc) is 3.44. The Morgan fingerprint density at radius 1 is 0.493 bits per heavy atom. The van der Waals surface area contributed by atoms with E-state index in [0.29, 0.717) is 12.8 Å². The van der Waals surface area contributed by atoms with Crippen molar-refractivity contribution >= 4 is 67.9 Å². The molecule has 2 N–H and O–H groups in total. The summed E-state index contributed by atoms with van der Waals surface area (Å²) in [6, 6.07) is 11.0. The van der Waals surface area contributed by atoms with Crippen LogP contribution in [0.4, 0.5) is 9.59 Å². The first-order valence-corrected chi connectivity index (χ1v) is 25.9. The van der Waals surface area contributed by atoms with Gasteiger partial charge in [-0.25, -0.2) is 19.2 Å². The molecule has 1 aliphatic carbocycles. The van der Waals surface area contributed by atoms with Gasteiger partial charge in [0.15, 0.2) is 0 Å². The number of ether oxygens (including phenoxy) is 6. The standard InChI is InChI=1S/C53H78Br2N2O12/c1-49(2,3)66-45(60)41(56-47(62)68-51(7,8)9)25-27-43(58)64-31-19-15-13-17-29-53(39-33-35(54)21-23-37(39)38-24-22-36(55)34-40(38)53)30-18-14-16-20-32-65-44(59)28-26-42(46(61)67-50(4,5)6)57-48(63)69-52(10,11)12/h21-24,33-34,41-42H,13-20,25-32H2,1-12H3,(H,56,62)(H,57,63)/t41-,42+. The average molecular weight is 1100 g/mol. The molecule has 2 aromatic rings. The lowest BCUT2D eigenvalue weighted by Gasteiger charge is -2.33. The Morgan fingerprint density at radius 2 is 0.826 bits per heavy atom. The van der Waals surface area contributed by atoms with Crippen molar-refractivity contribution in [2.24, 2.45) is 0 Å². The van der Waals surface area contributed by atoms with E-state index in [4.69, 9.17) is 28.4 Å².